The van der Waals surface area contributed by atoms with E-state index in [4.69, 9.17) is 19.4 Å². The van der Waals surface area contributed by atoms with Gasteiger partial charge in [-0.2, -0.15) is 20.4 Å². The van der Waals surface area contributed by atoms with Crippen molar-refractivity contribution in [2.24, 2.45) is 16.2 Å². The maximum atomic E-state index is 14.5. The number of rotatable bonds is 20. The highest BCUT2D eigenvalue weighted by molar-refractivity contribution is 7.91. The van der Waals surface area contributed by atoms with Gasteiger partial charge in [-0.1, -0.05) is 73.6 Å². The molecule has 9 heterocycles. The van der Waals surface area contributed by atoms with E-state index >= 15 is 0 Å². The first-order valence-corrected chi connectivity index (χ1v) is 40.6. The largest absolute Gasteiger partial charge is 0.443 e. The van der Waals surface area contributed by atoms with Gasteiger partial charge in [0.1, 0.15) is 52.7 Å². The number of nitrogens with one attached hydrogen (secondary N) is 2. The van der Waals surface area contributed by atoms with Gasteiger partial charge in [0, 0.05) is 61.3 Å². The molecule has 0 saturated heterocycles. The second-order valence-electron chi connectivity index (χ2n) is 32.8. The summed E-state index contributed by atoms with van der Waals surface area (Å²) in [6, 6.07) is 20.2. The number of halogens is 8. The predicted octanol–water partition coefficient (Wildman–Crippen LogP) is 17.4. The molecule has 3 aromatic carbocycles. The Morgan fingerprint density at radius 3 is 1.36 bits per heavy atom. The molecule has 0 unspecified atom stereocenters. The van der Waals surface area contributed by atoms with Crippen molar-refractivity contribution in [2.45, 2.75) is 167 Å². The summed E-state index contributed by atoms with van der Waals surface area (Å²) in [5.74, 6) is -5.35. The summed E-state index contributed by atoms with van der Waals surface area (Å²) >= 11 is 0. The van der Waals surface area contributed by atoms with Crippen LogP contribution in [-0.4, -0.2) is 119 Å². The summed E-state index contributed by atoms with van der Waals surface area (Å²) in [4.78, 5) is 37.5. The minimum Gasteiger partial charge on any atom is -0.443 e. The van der Waals surface area contributed by atoms with E-state index in [0.717, 1.165) is 126 Å². The first kappa shape index (κ1) is 78.7. The van der Waals surface area contributed by atoms with E-state index in [1.165, 1.54) is 60.9 Å². The number of pyridine rings is 1. The molecule has 6 bridgehead atoms. The van der Waals surface area contributed by atoms with Crippen LogP contribution in [0.5, 0.6) is 0 Å². The molecule has 0 radical (unpaired) electrons. The number of alkyl halides is 2. The second-order valence-corrected chi connectivity index (χ2v) is 35.2. The Bertz CT molecular complexity index is 5860. The van der Waals surface area contributed by atoms with E-state index in [1.807, 2.05) is 30.6 Å². The highest BCUT2D eigenvalue weighted by Crippen LogP contribution is 2.72. The predicted molar refractivity (Wildman–Crippen MR) is 418 cm³/mol. The number of hydrogen-bond donors (Lipinski definition) is 2. The molecule has 0 amide bonds. The smallest absolute Gasteiger partial charge is 0.257 e. The summed E-state index contributed by atoms with van der Waals surface area (Å²) in [6.45, 7) is 20.0. The Morgan fingerprint density at radius 1 is 0.534 bits per heavy atom. The van der Waals surface area contributed by atoms with E-state index in [2.05, 4.69) is 120 Å². The molecule has 12 aromatic rings. The Balaban J connectivity index is 0.000000131. The van der Waals surface area contributed by atoms with Crippen molar-refractivity contribution in [3.63, 3.8) is 0 Å². The van der Waals surface area contributed by atoms with Crippen molar-refractivity contribution in [3.05, 3.63) is 238 Å². The molecule has 21 nitrogen and oxygen atoms in total. The van der Waals surface area contributed by atoms with Crippen LogP contribution < -0.4 is 10.6 Å². The van der Waals surface area contributed by atoms with Crippen molar-refractivity contribution in [1.82, 2.24) is 85.6 Å². The highest BCUT2D eigenvalue weighted by Gasteiger charge is 2.68. The molecular weight excluding hydrogens is 1520 g/mol. The molecule has 598 valence electrons. The van der Waals surface area contributed by atoms with Crippen LogP contribution in [0.4, 0.5) is 40.9 Å². The van der Waals surface area contributed by atoms with Crippen LogP contribution in [0.1, 0.15) is 195 Å². The first-order valence-electron chi connectivity index (χ1n) is 38.8. The minimum atomic E-state index is -3.11. The fraction of sp³-hybridized carbons (Fsp3) is 0.384. The van der Waals surface area contributed by atoms with Crippen LogP contribution in [0.25, 0.3) is 67.9 Å². The van der Waals surface area contributed by atoms with Gasteiger partial charge < -0.3 is 15.1 Å². The highest BCUT2D eigenvalue weighted by atomic mass is 32.2. The zero-order chi connectivity index (χ0) is 81.8. The summed E-state index contributed by atoms with van der Waals surface area (Å²) in [5.41, 5.74) is 8.78. The van der Waals surface area contributed by atoms with Crippen molar-refractivity contribution in [1.29, 1.82) is 0 Å². The van der Waals surface area contributed by atoms with Crippen LogP contribution in [0.3, 0.4) is 0 Å². The number of fused-ring (bicyclic) bond motifs is 15. The van der Waals surface area contributed by atoms with Crippen molar-refractivity contribution >= 4 is 15.7 Å². The SMILES string of the molecule is CCCNc1ccc(-c2cncc([C@@]34CC[C@@H](c5cc(-c6c(F)cccc6F)nnc53)C4(C)C)n2)cn1.CCS(=O)(=O)CCn1cc(-c2cncc([C@@]34CC[C@@H](c5cc(-c6c(F)cccc6F)nnc53)C4(C)C)n2)cn1.C[C@@H](NCC(C)(F)F)c1coc(-c2cncc([C@@]34CC[C@@H](c5cc(-c6c(F)cccc6F)nnc53)C4(C)C)n2)n1. The van der Waals surface area contributed by atoms with Crippen LogP contribution >= 0.6 is 0 Å². The molecule has 0 spiro atoms. The van der Waals surface area contributed by atoms with Crippen LogP contribution in [0.15, 0.2) is 151 Å². The first-order chi connectivity index (χ1) is 55.4. The van der Waals surface area contributed by atoms with E-state index in [0.29, 0.717) is 22.8 Å². The lowest BCUT2D eigenvalue weighted by atomic mass is 9.66. The molecule has 6 aliphatic carbocycles. The topological polar surface area (TPSA) is 270 Å². The van der Waals surface area contributed by atoms with Gasteiger partial charge in [-0.05, 0) is 169 Å². The Morgan fingerprint density at radius 2 is 0.957 bits per heavy atom. The number of sulfone groups is 1. The van der Waals surface area contributed by atoms with Gasteiger partial charge in [0.15, 0.2) is 9.84 Å². The monoisotopic (exact) mass is 1600 g/mol. The molecule has 3 fully saturated rings. The van der Waals surface area contributed by atoms with E-state index < -0.39 is 79.5 Å². The zero-order valence-electron chi connectivity index (χ0n) is 65.5. The number of hydrogen-bond acceptors (Lipinski definition) is 20. The van der Waals surface area contributed by atoms with E-state index in [-0.39, 0.29) is 91.7 Å². The van der Waals surface area contributed by atoms with Crippen molar-refractivity contribution in [2.75, 3.05) is 29.9 Å². The van der Waals surface area contributed by atoms with E-state index in [9.17, 15) is 43.5 Å². The summed E-state index contributed by atoms with van der Waals surface area (Å²) in [5, 5.41) is 37.0. The van der Waals surface area contributed by atoms with Gasteiger partial charge in [0.25, 0.3) is 5.92 Å². The van der Waals surface area contributed by atoms with Gasteiger partial charge in [0.2, 0.25) is 5.89 Å². The molecule has 3 saturated carbocycles. The van der Waals surface area contributed by atoms with Gasteiger partial charge in [-0.15, -0.1) is 15.3 Å². The lowest BCUT2D eigenvalue weighted by Crippen LogP contribution is -2.38. The van der Waals surface area contributed by atoms with Crippen molar-refractivity contribution in [3.8, 4) is 67.9 Å². The Kier molecular flexibility index (Phi) is 20.1. The Hall–Kier alpha value is -11.1. The lowest BCUT2D eigenvalue weighted by molar-refractivity contribution is 0.0202. The van der Waals surface area contributed by atoms with Gasteiger partial charge in [-0.25, -0.2) is 68.5 Å². The van der Waals surface area contributed by atoms with Gasteiger partial charge in [0.05, 0.1) is 151 Å². The van der Waals surface area contributed by atoms with E-state index in [1.54, 1.807) is 74.0 Å². The van der Waals surface area contributed by atoms with Crippen LogP contribution in [-0.2, 0) is 32.6 Å². The quantitative estimate of drug-likeness (QED) is 0.0671. The Labute approximate surface area is 665 Å². The molecule has 9 aromatic heterocycles. The molecule has 18 rings (SSSR count). The molecule has 0 aliphatic heterocycles. The number of nitrogens with zero attached hydrogens (tertiary/aromatic N) is 16. The number of aromatic nitrogens is 16. The van der Waals surface area contributed by atoms with Gasteiger partial charge in [-0.3, -0.25) is 19.6 Å². The number of anilines is 1. The number of aryl methyl sites for hydroxylation is 1. The summed E-state index contributed by atoms with van der Waals surface area (Å²) in [6.07, 6.45) is 23.0. The van der Waals surface area contributed by atoms with Gasteiger partial charge >= 0.3 is 0 Å². The average molecular weight is 1600 g/mol. The summed E-state index contributed by atoms with van der Waals surface area (Å²) in [7, 11) is -3.11. The molecular formula is C86H84F8N18O3S. The standard InChI is InChI=1S/C29H28F4N6O.C29H28F2N6.C28H28F2N6O2S/c1-15(35-14-28(4,32)33)22-13-40-26(37-22)21-11-34-12-23(36-21)29-9-8-17(27(29,2)3)16-10-20(38-39-25(16)29)24-18(30)6-5-7-19(24)31;1-4-12-33-25-9-8-17(14-34-25)23-15-32-16-24(35-23)29-11-10-19(28(29,2)3)18-13-22(36-37-27(18)29)26-20(30)6-5-7-21(26)31;1-4-39(37,38)11-10-36-16-17(13-32-36)23-14-31-15-24(33-23)28-9-8-19(27(28,2)3)18-12-22(34-35-26(18)28)25-20(29)6-5-7-21(25)30/h5-7,10-13,15,17,35H,8-9,14H2,1-4H3;5-9,13-16,19H,4,10-12H2,1-3H3,(H,33,34);5-7,12-16,19H,4,8-11H2,1-3H3/t15-,17+,29+;19-,29-;19-,28-/m100/s1. The third-order valence-electron chi connectivity index (χ3n) is 25.5. The fourth-order valence-electron chi connectivity index (χ4n) is 19.3. The van der Waals surface area contributed by atoms with Crippen LogP contribution in [0.2, 0.25) is 0 Å². The minimum absolute atomic E-state index is 0.0171. The maximum absolute atomic E-state index is 14.5. The average Bonchev–Trinajstić information content (AvgIpc) is 1.53. The van der Waals surface area contributed by atoms with Crippen LogP contribution in [0, 0.1) is 51.1 Å². The molecule has 2 N–H and O–H groups in total. The fourth-order valence-corrected chi connectivity index (χ4v) is 20.1. The molecule has 116 heavy (non-hydrogen) atoms. The number of oxazole rings is 1. The van der Waals surface area contributed by atoms with Crippen molar-refractivity contribution < 1.29 is 48.0 Å². The molecule has 6 aliphatic rings. The molecule has 30 heteroatoms. The normalized spacial score (nSPS) is 21.5. The summed E-state index contributed by atoms with van der Waals surface area (Å²) < 4.78 is 145. The third kappa shape index (κ3) is 13.1. The lowest BCUT2D eigenvalue weighted by Gasteiger charge is -2.37. The third-order valence-corrected chi connectivity index (χ3v) is 27.2. The zero-order valence-corrected chi connectivity index (χ0v) is 66.3. The number of benzene rings is 3. The maximum Gasteiger partial charge on any atom is 0.257 e. The second kappa shape index (κ2) is 29.5. The molecule has 7 atom stereocenters.